The van der Waals surface area contributed by atoms with E-state index in [-0.39, 0.29) is 0 Å². The van der Waals surface area contributed by atoms with Crippen LogP contribution in [0.3, 0.4) is 0 Å². The number of carboxylic acids is 1. The van der Waals surface area contributed by atoms with Crippen LogP contribution in [0.2, 0.25) is 0 Å². The van der Waals surface area contributed by atoms with Gasteiger partial charge in [-0.05, 0) is 30.9 Å². The number of benzene rings is 1. The van der Waals surface area contributed by atoms with Crippen LogP contribution in [0.5, 0.6) is 0 Å². The van der Waals surface area contributed by atoms with Crippen molar-refractivity contribution in [3.8, 4) is 0 Å². The highest BCUT2D eigenvalue weighted by atomic mass is 16.4. The molecule has 3 N–H and O–H groups in total. The van der Waals surface area contributed by atoms with Crippen molar-refractivity contribution < 1.29 is 9.90 Å². The molecule has 4 heteroatoms. The Hall–Kier alpha value is -1.55. The molecule has 1 aliphatic carbocycles. The highest BCUT2D eigenvalue weighted by molar-refractivity contribution is 5.73. The normalized spacial score (nSPS) is 16.5. The SMILES string of the molecule is CCCC(C(=O)O)N(Cc1ccccc1N)C1CC1. The van der Waals surface area contributed by atoms with Crippen molar-refractivity contribution >= 4 is 11.7 Å². The molecule has 1 fully saturated rings. The molecule has 0 aromatic heterocycles. The molecule has 1 atom stereocenters. The van der Waals surface area contributed by atoms with E-state index in [9.17, 15) is 9.90 Å². The minimum Gasteiger partial charge on any atom is -0.480 e. The summed E-state index contributed by atoms with van der Waals surface area (Å²) in [5, 5.41) is 9.43. The number of nitrogens with two attached hydrogens (primary N) is 1. The van der Waals surface area contributed by atoms with E-state index in [0.717, 1.165) is 30.5 Å². The highest BCUT2D eigenvalue weighted by Crippen LogP contribution is 2.32. The average molecular weight is 262 g/mol. The molecule has 1 aliphatic rings. The van der Waals surface area contributed by atoms with Gasteiger partial charge < -0.3 is 10.8 Å². The number of nitrogens with zero attached hydrogens (tertiary/aromatic N) is 1. The maximum atomic E-state index is 11.5. The third-order valence-corrected chi connectivity index (χ3v) is 3.67. The van der Waals surface area contributed by atoms with Crippen LogP contribution in [0.1, 0.15) is 38.2 Å². The van der Waals surface area contributed by atoms with E-state index in [1.165, 1.54) is 0 Å². The number of hydrogen-bond acceptors (Lipinski definition) is 3. The molecule has 1 aromatic carbocycles. The summed E-state index contributed by atoms with van der Waals surface area (Å²) in [6, 6.07) is 7.73. The van der Waals surface area contributed by atoms with Crippen LogP contribution >= 0.6 is 0 Å². The summed E-state index contributed by atoms with van der Waals surface area (Å²) in [4.78, 5) is 13.6. The Morgan fingerprint density at radius 2 is 2.16 bits per heavy atom. The van der Waals surface area contributed by atoms with Gasteiger partial charge in [0.15, 0.2) is 0 Å². The van der Waals surface area contributed by atoms with Crippen molar-refractivity contribution in [2.24, 2.45) is 0 Å². The molecular weight excluding hydrogens is 240 g/mol. The van der Waals surface area contributed by atoms with Gasteiger partial charge in [-0.3, -0.25) is 9.69 Å². The molecule has 0 radical (unpaired) electrons. The largest absolute Gasteiger partial charge is 0.480 e. The van der Waals surface area contributed by atoms with Gasteiger partial charge in [0.2, 0.25) is 0 Å². The number of hydrogen-bond donors (Lipinski definition) is 2. The predicted molar refractivity (Wildman–Crippen MR) is 75.8 cm³/mol. The number of rotatable bonds is 7. The van der Waals surface area contributed by atoms with Crippen molar-refractivity contribution in [3.63, 3.8) is 0 Å². The van der Waals surface area contributed by atoms with E-state index in [1.54, 1.807) is 0 Å². The number of carbonyl (C=O) groups is 1. The summed E-state index contributed by atoms with van der Waals surface area (Å²) >= 11 is 0. The number of para-hydroxylation sites is 1. The van der Waals surface area contributed by atoms with E-state index in [0.29, 0.717) is 19.0 Å². The Labute approximate surface area is 114 Å². The molecule has 4 nitrogen and oxygen atoms in total. The molecule has 1 saturated carbocycles. The van der Waals surface area contributed by atoms with Crippen molar-refractivity contribution in [1.82, 2.24) is 4.90 Å². The van der Waals surface area contributed by atoms with E-state index in [2.05, 4.69) is 4.90 Å². The Balaban J connectivity index is 2.16. The second-order valence-corrected chi connectivity index (χ2v) is 5.25. The molecule has 0 heterocycles. The fourth-order valence-electron chi connectivity index (χ4n) is 2.48. The standard InChI is InChI=1S/C15H22N2O2/c1-2-5-14(15(18)19)17(12-8-9-12)10-11-6-3-4-7-13(11)16/h3-4,6-7,12,14H,2,5,8-10,16H2,1H3,(H,18,19). The predicted octanol–water partition coefficient (Wildman–Crippen LogP) is 2.49. The Bertz CT molecular complexity index is 444. The highest BCUT2D eigenvalue weighted by Gasteiger charge is 2.36. The molecule has 104 valence electrons. The topological polar surface area (TPSA) is 66.6 Å². The van der Waals surface area contributed by atoms with Crippen LogP contribution in [0.4, 0.5) is 5.69 Å². The van der Waals surface area contributed by atoms with Crippen LogP contribution in [0.15, 0.2) is 24.3 Å². The van der Waals surface area contributed by atoms with Crippen molar-refractivity contribution in [2.75, 3.05) is 5.73 Å². The average Bonchev–Trinajstić information content (AvgIpc) is 3.19. The molecule has 1 aromatic rings. The van der Waals surface area contributed by atoms with Crippen molar-refractivity contribution in [2.45, 2.75) is 51.2 Å². The molecule has 0 spiro atoms. The molecule has 19 heavy (non-hydrogen) atoms. The molecule has 0 bridgehead atoms. The first-order valence-electron chi connectivity index (χ1n) is 6.95. The Kier molecular flexibility index (Phi) is 4.43. The smallest absolute Gasteiger partial charge is 0.320 e. The maximum Gasteiger partial charge on any atom is 0.320 e. The molecule has 0 saturated heterocycles. The van der Waals surface area contributed by atoms with Gasteiger partial charge in [-0.1, -0.05) is 31.5 Å². The first kappa shape index (κ1) is 13.9. The Morgan fingerprint density at radius 3 is 2.68 bits per heavy atom. The Morgan fingerprint density at radius 1 is 1.47 bits per heavy atom. The van der Waals surface area contributed by atoms with Crippen molar-refractivity contribution in [1.29, 1.82) is 0 Å². The van der Waals surface area contributed by atoms with Gasteiger partial charge in [0.1, 0.15) is 6.04 Å². The van der Waals surface area contributed by atoms with E-state index in [1.807, 2.05) is 31.2 Å². The van der Waals surface area contributed by atoms with E-state index in [4.69, 9.17) is 5.73 Å². The van der Waals surface area contributed by atoms with Gasteiger partial charge in [0.05, 0.1) is 0 Å². The van der Waals surface area contributed by atoms with Crippen molar-refractivity contribution in [3.05, 3.63) is 29.8 Å². The quantitative estimate of drug-likeness (QED) is 0.741. The monoisotopic (exact) mass is 262 g/mol. The summed E-state index contributed by atoms with van der Waals surface area (Å²) in [6.45, 7) is 2.66. The molecular formula is C15H22N2O2. The van der Waals surface area contributed by atoms with Crippen LogP contribution in [0.25, 0.3) is 0 Å². The number of anilines is 1. The van der Waals surface area contributed by atoms with Gasteiger partial charge in [0.25, 0.3) is 0 Å². The van der Waals surface area contributed by atoms with Gasteiger partial charge in [-0.15, -0.1) is 0 Å². The molecule has 1 unspecified atom stereocenters. The zero-order chi connectivity index (χ0) is 13.8. The first-order valence-corrected chi connectivity index (χ1v) is 6.95. The third-order valence-electron chi connectivity index (χ3n) is 3.67. The summed E-state index contributed by atoms with van der Waals surface area (Å²) in [6.07, 6.45) is 3.77. The minimum absolute atomic E-state index is 0.392. The zero-order valence-electron chi connectivity index (χ0n) is 11.4. The molecule has 2 rings (SSSR count). The summed E-state index contributed by atoms with van der Waals surface area (Å²) < 4.78 is 0. The summed E-state index contributed by atoms with van der Waals surface area (Å²) in [7, 11) is 0. The number of carboxylic acid groups (broad SMARTS) is 1. The van der Waals surface area contributed by atoms with E-state index >= 15 is 0 Å². The summed E-state index contributed by atoms with van der Waals surface area (Å²) in [5.41, 5.74) is 7.73. The number of aliphatic carboxylic acids is 1. The van der Waals surface area contributed by atoms with E-state index < -0.39 is 12.0 Å². The lowest BCUT2D eigenvalue weighted by molar-refractivity contribution is -0.144. The lowest BCUT2D eigenvalue weighted by atomic mass is 10.1. The zero-order valence-corrected chi connectivity index (χ0v) is 11.4. The fourth-order valence-corrected chi connectivity index (χ4v) is 2.48. The molecule has 0 amide bonds. The minimum atomic E-state index is -0.719. The maximum absolute atomic E-state index is 11.5. The second-order valence-electron chi connectivity index (χ2n) is 5.25. The summed E-state index contributed by atoms with van der Waals surface area (Å²) in [5.74, 6) is -0.719. The van der Waals surface area contributed by atoms with Gasteiger partial charge in [-0.2, -0.15) is 0 Å². The lowest BCUT2D eigenvalue weighted by Gasteiger charge is -2.29. The second kappa shape index (κ2) is 6.06. The fraction of sp³-hybridized carbons (Fsp3) is 0.533. The van der Waals surface area contributed by atoms with Crippen LogP contribution in [-0.2, 0) is 11.3 Å². The van der Waals surface area contributed by atoms with Crippen LogP contribution in [0, 0.1) is 0 Å². The van der Waals surface area contributed by atoms with Crippen LogP contribution in [-0.4, -0.2) is 28.1 Å². The van der Waals surface area contributed by atoms with Crippen LogP contribution < -0.4 is 5.73 Å². The van der Waals surface area contributed by atoms with Gasteiger partial charge in [-0.25, -0.2) is 0 Å². The van der Waals surface area contributed by atoms with Gasteiger partial charge >= 0.3 is 5.97 Å². The van der Waals surface area contributed by atoms with Gasteiger partial charge in [0, 0.05) is 18.3 Å². The first-order chi connectivity index (χ1) is 9.13. The molecule has 0 aliphatic heterocycles. The lowest BCUT2D eigenvalue weighted by Crippen LogP contribution is -2.42. The number of nitrogen functional groups attached to an aromatic ring is 1. The third kappa shape index (κ3) is 3.47.